The van der Waals surface area contributed by atoms with Gasteiger partial charge in [-0.3, -0.25) is 9.59 Å². The lowest BCUT2D eigenvalue weighted by Crippen LogP contribution is -2.55. The van der Waals surface area contributed by atoms with Gasteiger partial charge in [0.1, 0.15) is 6.10 Å². The minimum Gasteiger partial charge on any atom is -0.385 e. The number of para-hydroxylation sites is 1. The average molecular weight is 346 g/mol. The number of nitrogens with one attached hydrogen (secondary N) is 1. The fraction of sp³-hybridized carbons (Fsp3) is 0.222. The number of anilines is 1. The highest BCUT2D eigenvalue weighted by atomic mass is 19.2. The summed E-state index contributed by atoms with van der Waals surface area (Å²) in [5.74, 6) is -3.64. The number of hydrogen-bond donors (Lipinski definition) is 2. The standard InChI is InChI=1S/C18H16F2N2O3/c1-10(23)21-18(16(24)11-6-5-8-13(19)15(11)20)12-7-3-4-9-14(12)22(2)17(18)25/h3-9,16,24H,1-2H3,(H,21,23). The van der Waals surface area contributed by atoms with Gasteiger partial charge < -0.3 is 15.3 Å². The van der Waals surface area contributed by atoms with Crippen molar-refractivity contribution in [3.8, 4) is 0 Å². The summed E-state index contributed by atoms with van der Waals surface area (Å²) in [5.41, 5.74) is -1.57. The molecular weight excluding hydrogens is 330 g/mol. The van der Waals surface area contributed by atoms with Gasteiger partial charge in [0.05, 0.1) is 0 Å². The molecule has 0 aliphatic carbocycles. The van der Waals surface area contributed by atoms with Crippen LogP contribution in [-0.4, -0.2) is 24.0 Å². The van der Waals surface area contributed by atoms with E-state index in [4.69, 9.17) is 0 Å². The second-order valence-corrected chi connectivity index (χ2v) is 5.92. The van der Waals surface area contributed by atoms with Crippen LogP contribution in [0.25, 0.3) is 0 Å². The second kappa shape index (κ2) is 5.93. The summed E-state index contributed by atoms with van der Waals surface area (Å²) < 4.78 is 27.9. The van der Waals surface area contributed by atoms with Gasteiger partial charge >= 0.3 is 0 Å². The first-order valence-corrected chi connectivity index (χ1v) is 7.59. The Balaban J connectivity index is 2.27. The van der Waals surface area contributed by atoms with Gasteiger partial charge in [0.2, 0.25) is 5.91 Å². The molecule has 130 valence electrons. The van der Waals surface area contributed by atoms with E-state index in [1.54, 1.807) is 24.3 Å². The number of carbonyl (C=O) groups is 2. The Bertz CT molecular complexity index is 871. The molecule has 0 radical (unpaired) electrons. The molecule has 2 atom stereocenters. The van der Waals surface area contributed by atoms with E-state index in [2.05, 4.69) is 5.32 Å². The quantitative estimate of drug-likeness (QED) is 0.893. The Hall–Kier alpha value is -2.80. The highest BCUT2D eigenvalue weighted by Gasteiger charge is 2.56. The van der Waals surface area contributed by atoms with Crippen LogP contribution in [-0.2, 0) is 15.1 Å². The Morgan fingerprint density at radius 1 is 1.20 bits per heavy atom. The van der Waals surface area contributed by atoms with Crippen LogP contribution in [0, 0.1) is 11.6 Å². The number of aliphatic hydroxyl groups is 1. The second-order valence-electron chi connectivity index (χ2n) is 5.92. The molecule has 1 aliphatic rings. The SMILES string of the molecule is CC(=O)NC1(C(O)c2cccc(F)c2F)C(=O)N(C)c2ccccc21. The van der Waals surface area contributed by atoms with Crippen LogP contribution in [0.5, 0.6) is 0 Å². The number of nitrogens with zero attached hydrogens (tertiary/aromatic N) is 1. The number of fused-ring (bicyclic) bond motifs is 1. The minimum absolute atomic E-state index is 0.314. The van der Waals surface area contributed by atoms with Crippen LogP contribution < -0.4 is 10.2 Å². The molecule has 0 saturated heterocycles. The summed E-state index contributed by atoms with van der Waals surface area (Å²) in [6.45, 7) is 1.19. The van der Waals surface area contributed by atoms with Crippen LogP contribution in [0.2, 0.25) is 0 Å². The fourth-order valence-corrected chi connectivity index (χ4v) is 3.28. The van der Waals surface area contributed by atoms with E-state index in [9.17, 15) is 23.5 Å². The summed E-state index contributed by atoms with van der Waals surface area (Å²) >= 11 is 0. The molecule has 25 heavy (non-hydrogen) atoms. The predicted molar refractivity (Wildman–Crippen MR) is 86.7 cm³/mol. The molecular formula is C18H16F2N2O3. The molecule has 2 aromatic carbocycles. The summed E-state index contributed by atoms with van der Waals surface area (Å²) in [6, 6.07) is 9.86. The topological polar surface area (TPSA) is 69.6 Å². The van der Waals surface area contributed by atoms with E-state index in [-0.39, 0.29) is 0 Å². The minimum atomic E-state index is -1.94. The third-order valence-corrected chi connectivity index (χ3v) is 4.39. The van der Waals surface area contributed by atoms with Gasteiger partial charge in [-0.15, -0.1) is 0 Å². The largest absolute Gasteiger partial charge is 0.385 e. The molecule has 0 bridgehead atoms. The molecule has 7 heteroatoms. The first-order valence-electron chi connectivity index (χ1n) is 7.59. The van der Waals surface area contributed by atoms with E-state index in [0.717, 1.165) is 6.07 Å². The first-order chi connectivity index (χ1) is 11.8. The normalized spacial score (nSPS) is 20.4. The average Bonchev–Trinajstić information content (AvgIpc) is 2.79. The van der Waals surface area contributed by atoms with Gasteiger partial charge in [0.15, 0.2) is 17.2 Å². The van der Waals surface area contributed by atoms with Gasteiger partial charge in [0, 0.05) is 30.8 Å². The van der Waals surface area contributed by atoms with Crippen molar-refractivity contribution in [3.05, 3.63) is 65.2 Å². The lowest BCUT2D eigenvalue weighted by Gasteiger charge is -2.34. The van der Waals surface area contributed by atoms with Crippen molar-refractivity contribution in [2.24, 2.45) is 0 Å². The molecule has 2 unspecified atom stereocenters. The van der Waals surface area contributed by atoms with Crippen LogP contribution in [0.3, 0.4) is 0 Å². The molecule has 1 heterocycles. The first kappa shape index (κ1) is 17.0. The molecule has 2 amide bonds. The highest BCUT2D eigenvalue weighted by Crippen LogP contribution is 2.47. The maximum absolute atomic E-state index is 14.2. The zero-order valence-electron chi connectivity index (χ0n) is 13.6. The maximum atomic E-state index is 14.2. The highest BCUT2D eigenvalue weighted by molar-refractivity contribution is 6.09. The molecule has 0 saturated carbocycles. The molecule has 0 aromatic heterocycles. The van der Waals surface area contributed by atoms with Crippen molar-refractivity contribution in [2.75, 3.05) is 11.9 Å². The third-order valence-electron chi connectivity index (χ3n) is 4.39. The van der Waals surface area contributed by atoms with Crippen molar-refractivity contribution >= 4 is 17.5 Å². The predicted octanol–water partition coefficient (Wildman–Crippen LogP) is 2.01. The van der Waals surface area contributed by atoms with Gasteiger partial charge in [-0.1, -0.05) is 30.3 Å². The van der Waals surface area contributed by atoms with Crippen molar-refractivity contribution < 1.29 is 23.5 Å². The van der Waals surface area contributed by atoms with Crippen molar-refractivity contribution in [3.63, 3.8) is 0 Å². The molecule has 0 fully saturated rings. The van der Waals surface area contributed by atoms with Crippen molar-refractivity contribution in [2.45, 2.75) is 18.6 Å². The smallest absolute Gasteiger partial charge is 0.260 e. The number of likely N-dealkylation sites (N-methyl/N-ethyl adjacent to an activating group) is 1. The zero-order valence-corrected chi connectivity index (χ0v) is 13.6. The van der Waals surface area contributed by atoms with Crippen LogP contribution >= 0.6 is 0 Å². The van der Waals surface area contributed by atoms with Gasteiger partial charge in [-0.05, 0) is 12.1 Å². The number of aliphatic hydroxyl groups excluding tert-OH is 1. The number of hydrogen-bond acceptors (Lipinski definition) is 3. The summed E-state index contributed by atoms with van der Waals surface area (Å²) in [5, 5.41) is 13.4. The van der Waals surface area contributed by atoms with Gasteiger partial charge in [-0.2, -0.15) is 0 Å². The lowest BCUT2D eigenvalue weighted by molar-refractivity contribution is -0.135. The van der Waals surface area contributed by atoms with E-state index in [0.29, 0.717) is 11.3 Å². The summed E-state index contributed by atoms with van der Waals surface area (Å²) in [7, 11) is 1.49. The third kappa shape index (κ3) is 2.39. The summed E-state index contributed by atoms with van der Waals surface area (Å²) in [6.07, 6.45) is -1.81. The molecule has 0 spiro atoms. The van der Waals surface area contributed by atoms with Crippen LogP contribution in [0.4, 0.5) is 14.5 Å². The zero-order chi connectivity index (χ0) is 18.4. The Labute approximate surface area is 142 Å². The van der Waals surface area contributed by atoms with Gasteiger partial charge in [-0.25, -0.2) is 8.78 Å². The summed E-state index contributed by atoms with van der Waals surface area (Å²) in [4.78, 5) is 26.0. The van der Waals surface area contributed by atoms with Crippen molar-refractivity contribution in [1.82, 2.24) is 5.32 Å². The van der Waals surface area contributed by atoms with Gasteiger partial charge in [0.25, 0.3) is 5.91 Å². The van der Waals surface area contributed by atoms with E-state index in [1.807, 2.05) is 0 Å². The number of rotatable bonds is 3. The Kier molecular flexibility index (Phi) is 4.04. The number of benzene rings is 2. The Morgan fingerprint density at radius 2 is 1.88 bits per heavy atom. The van der Waals surface area contributed by atoms with Crippen molar-refractivity contribution in [1.29, 1.82) is 0 Å². The molecule has 2 N–H and O–H groups in total. The lowest BCUT2D eigenvalue weighted by atomic mass is 9.81. The molecule has 1 aliphatic heterocycles. The van der Waals surface area contributed by atoms with E-state index >= 15 is 0 Å². The molecule has 5 nitrogen and oxygen atoms in total. The van der Waals surface area contributed by atoms with Crippen LogP contribution in [0.1, 0.15) is 24.2 Å². The van der Waals surface area contributed by atoms with Crippen LogP contribution in [0.15, 0.2) is 42.5 Å². The maximum Gasteiger partial charge on any atom is 0.260 e. The number of amides is 2. The Morgan fingerprint density at radius 3 is 2.56 bits per heavy atom. The fourth-order valence-electron chi connectivity index (χ4n) is 3.28. The number of halogens is 2. The monoisotopic (exact) mass is 346 g/mol. The number of carbonyl (C=O) groups excluding carboxylic acids is 2. The van der Waals surface area contributed by atoms with E-state index in [1.165, 1.54) is 31.0 Å². The van der Waals surface area contributed by atoms with E-state index < -0.39 is 40.7 Å². The molecule has 3 rings (SSSR count). The molecule has 2 aromatic rings.